The fourth-order valence-electron chi connectivity index (χ4n) is 4.55. The maximum absolute atomic E-state index is 14.1. The molecule has 1 fully saturated rings. The third kappa shape index (κ3) is 4.97. The van der Waals surface area contributed by atoms with Gasteiger partial charge >= 0.3 is 0 Å². The first-order valence-corrected chi connectivity index (χ1v) is 11.7. The molecule has 2 heterocycles. The SMILES string of the molecule is CC1CCCC(N)C1.CNc1cc(-c2ccc(C#N)c(F)c2)n(-c2ccc3c(ccn3C)c2)n1. The summed E-state index contributed by atoms with van der Waals surface area (Å²) >= 11 is 0. The normalized spacial score (nSPS) is 17.6. The molecule has 0 bridgehead atoms. The lowest BCUT2D eigenvalue weighted by molar-refractivity contribution is 0.344. The Labute approximate surface area is 199 Å². The number of hydrogen-bond acceptors (Lipinski definition) is 4. The van der Waals surface area contributed by atoms with Crippen LogP contribution in [-0.4, -0.2) is 27.4 Å². The number of nitrogens with one attached hydrogen (secondary N) is 1. The minimum Gasteiger partial charge on any atom is -0.372 e. The molecule has 34 heavy (non-hydrogen) atoms. The number of hydrogen-bond donors (Lipinski definition) is 2. The zero-order valence-corrected chi connectivity index (χ0v) is 19.9. The molecular formula is C27H31FN6. The van der Waals surface area contributed by atoms with E-state index in [-0.39, 0.29) is 5.56 Å². The van der Waals surface area contributed by atoms with Crippen molar-refractivity contribution in [3.05, 3.63) is 66.1 Å². The van der Waals surface area contributed by atoms with E-state index in [1.165, 1.54) is 37.8 Å². The number of fused-ring (bicyclic) bond motifs is 1. The van der Waals surface area contributed by atoms with Gasteiger partial charge in [-0.05, 0) is 55.2 Å². The predicted molar refractivity (Wildman–Crippen MR) is 135 cm³/mol. The maximum atomic E-state index is 14.1. The van der Waals surface area contributed by atoms with Gasteiger partial charge in [-0.3, -0.25) is 0 Å². The molecule has 176 valence electrons. The zero-order valence-electron chi connectivity index (χ0n) is 19.9. The molecule has 1 aliphatic carbocycles. The van der Waals surface area contributed by atoms with Crippen molar-refractivity contribution < 1.29 is 4.39 Å². The zero-order chi connectivity index (χ0) is 24.2. The summed E-state index contributed by atoms with van der Waals surface area (Å²) < 4.78 is 17.9. The van der Waals surface area contributed by atoms with Crippen LogP contribution in [0.2, 0.25) is 0 Å². The Bertz CT molecular complexity index is 1320. The Morgan fingerprint density at radius 2 is 1.97 bits per heavy atom. The Hall–Kier alpha value is -3.63. The van der Waals surface area contributed by atoms with Gasteiger partial charge in [0.05, 0.1) is 16.9 Å². The molecule has 2 unspecified atom stereocenters. The third-order valence-electron chi connectivity index (χ3n) is 6.44. The standard InChI is InChI=1S/C20H16FN5.C7H15N/c1-23-20-11-19(13-3-4-15(12-22)17(21)10-13)26(24-20)16-5-6-18-14(9-16)7-8-25(18)2;1-6-3-2-4-7(8)5-6/h3-11H,1-2H3,(H,23,24);6-7H,2-5,8H2,1H3. The lowest BCUT2D eigenvalue weighted by atomic mass is 9.88. The average molecular weight is 459 g/mol. The maximum Gasteiger partial charge on any atom is 0.148 e. The Balaban J connectivity index is 0.000000291. The molecule has 2 aromatic heterocycles. The van der Waals surface area contributed by atoms with Crippen molar-refractivity contribution in [3.8, 4) is 23.0 Å². The van der Waals surface area contributed by atoms with E-state index in [1.54, 1.807) is 17.8 Å². The van der Waals surface area contributed by atoms with Crippen molar-refractivity contribution in [2.75, 3.05) is 12.4 Å². The van der Waals surface area contributed by atoms with Crippen LogP contribution in [0.15, 0.2) is 54.7 Å². The van der Waals surface area contributed by atoms with Crippen LogP contribution in [0.3, 0.4) is 0 Å². The number of rotatable bonds is 3. The number of anilines is 1. The Kier molecular flexibility index (Phi) is 6.99. The number of halogens is 1. The highest BCUT2D eigenvalue weighted by Crippen LogP contribution is 2.29. The van der Waals surface area contributed by atoms with E-state index in [0.717, 1.165) is 28.2 Å². The van der Waals surface area contributed by atoms with Gasteiger partial charge in [0.15, 0.2) is 0 Å². The number of aryl methyl sites for hydroxylation is 1. The third-order valence-corrected chi connectivity index (χ3v) is 6.44. The lowest BCUT2D eigenvalue weighted by Gasteiger charge is -2.22. The largest absolute Gasteiger partial charge is 0.372 e. The number of benzene rings is 2. The van der Waals surface area contributed by atoms with Gasteiger partial charge in [-0.25, -0.2) is 9.07 Å². The highest BCUT2D eigenvalue weighted by Gasteiger charge is 2.15. The average Bonchev–Trinajstić information content (AvgIpc) is 3.43. The topological polar surface area (TPSA) is 84.6 Å². The monoisotopic (exact) mass is 458 g/mol. The van der Waals surface area contributed by atoms with Gasteiger partial charge in [-0.1, -0.05) is 25.8 Å². The highest BCUT2D eigenvalue weighted by atomic mass is 19.1. The van der Waals surface area contributed by atoms with Crippen molar-refractivity contribution in [1.82, 2.24) is 14.3 Å². The Morgan fingerprint density at radius 1 is 1.15 bits per heavy atom. The van der Waals surface area contributed by atoms with Crippen LogP contribution in [0.5, 0.6) is 0 Å². The molecule has 1 aliphatic rings. The van der Waals surface area contributed by atoms with Gasteiger partial charge in [-0.2, -0.15) is 5.26 Å². The summed E-state index contributed by atoms with van der Waals surface area (Å²) in [6.45, 7) is 2.29. The number of aromatic nitrogens is 3. The van der Waals surface area contributed by atoms with E-state index in [2.05, 4.69) is 21.9 Å². The van der Waals surface area contributed by atoms with Crippen molar-refractivity contribution in [2.24, 2.45) is 18.7 Å². The molecular weight excluding hydrogens is 427 g/mol. The van der Waals surface area contributed by atoms with E-state index in [1.807, 2.05) is 49.6 Å². The van der Waals surface area contributed by atoms with Gasteiger partial charge in [0.2, 0.25) is 0 Å². The van der Waals surface area contributed by atoms with E-state index >= 15 is 0 Å². The summed E-state index contributed by atoms with van der Waals surface area (Å²) in [5.74, 6) is 1.03. The van der Waals surface area contributed by atoms with Crippen molar-refractivity contribution in [3.63, 3.8) is 0 Å². The summed E-state index contributed by atoms with van der Waals surface area (Å²) in [7, 11) is 3.79. The van der Waals surface area contributed by atoms with Crippen LogP contribution in [0.1, 0.15) is 38.2 Å². The van der Waals surface area contributed by atoms with Crippen LogP contribution in [0.25, 0.3) is 27.8 Å². The van der Waals surface area contributed by atoms with Gasteiger partial charge in [-0.15, -0.1) is 5.10 Å². The highest BCUT2D eigenvalue weighted by molar-refractivity contribution is 5.82. The molecule has 0 spiro atoms. The quantitative estimate of drug-likeness (QED) is 0.418. The molecule has 4 aromatic rings. The minimum atomic E-state index is -0.540. The van der Waals surface area contributed by atoms with E-state index in [4.69, 9.17) is 11.0 Å². The van der Waals surface area contributed by atoms with Gasteiger partial charge in [0, 0.05) is 48.9 Å². The van der Waals surface area contributed by atoms with Crippen LogP contribution in [0, 0.1) is 23.1 Å². The number of nitrogens with two attached hydrogens (primary N) is 1. The van der Waals surface area contributed by atoms with E-state index < -0.39 is 5.82 Å². The molecule has 0 aliphatic heterocycles. The van der Waals surface area contributed by atoms with Gasteiger partial charge in [0.25, 0.3) is 0 Å². The molecule has 7 heteroatoms. The summed E-state index contributed by atoms with van der Waals surface area (Å²) in [6.07, 6.45) is 7.26. The fraction of sp³-hybridized carbons (Fsp3) is 0.333. The van der Waals surface area contributed by atoms with Crippen molar-refractivity contribution in [1.29, 1.82) is 5.26 Å². The second-order valence-corrected chi connectivity index (χ2v) is 9.08. The molecule has 5 rings (SSSR count). The van der Waals surface area contributed by atoms with Crippen LogP contribution < -0.4 is 11.1 Å². The summed E-state index contributed by atoms with van der Waals surface area (Å²) in [5, 5.41) is 17.6. The molecule has 0 radical (unpaired) electrons. The first-order chi connectivity index (χ1) is 16.4. The molecule has 6 nitrogen and oxygen atoms in total. The first kappa shape index (κ1) is 23.5. The number of nitrogens with zero attached hydrogens (tertiary/aromatic N) is 4. The molecule has 2 atom stereocenters. The molecule has 1 saturated carbocycles. The molecule has 0 saturated heterocycles. The van der Waals surface area contributed by atoms with Crippen molar-refractivity contribution >= 4 is 16.7 Å². The lowest BCUT2D eigenvalue weighted by Crippen LogP contribution is -2.26. The second kappa shape index (κ2) is 10.1. The van der Waals surface area contributed by atoms with E-state index in [9.17, 15) is 4.39 Å². The smallest absolute Gasteiger partial charge is 0.148 e. The first-order valence-electron chi connectivity index (χ1n) is 11.7. The predicted octanol–water partition coefficient (Wildman–Crippen LogP) is 5.61. The summed E-state index contributed by atoms with van der Waals surface area (Å²) in [5.41, 5.74) is 9.16. The van der Waals surface area contributed by atoms with Crippen LogP contribution in [0.4, 0.5) is 10.2 Å². The molecule has 2 aromatic carbocycles. The number of nitriles is 1. The molecule has 3 N–H and O–H groups in total. The molecule has 0 amide bonds. The van der Waals surface area contributed by atoms with E-state index in [0.29, 0.717) is 17.4 Å². The minimum absolute atomic E-state index is 0.0272. The van der Waals surface area contributed by atoms with Crippen molar-refractivity contribution in [2.45, 2.75) is 38.6 Å². The van der Waals surface area contributed by atoms with Crippen LogP contribution >= 0.6 is 0 Å². The summed E-state index contributed by atoms with van der Waals surface area (Å²) in [4.78, 5) is 0. The second-order valence-electron chi connectivity index (χ2n) is 9.08. The van der Waals surface area contributed by atoms with Crippen LogP contribution in [-0.2, 0) is 7.05 Å². The van der Waals surface area contributed by atoms with Gasteiger partial charge < -0.3 is 15.6 Å². The summed E-state index contributed by atoms with van der Waals surface area (Å²) in [6, 6.07) is 16.9. The Morgan fingerprint density at radius 3 is 2.62 bits per heavy atom. The van der Waals surface area contributed by atoms with Gasteiger partial charge in [0.1, 0.15) is 17.7 Å². The fourth-order valence-corrected chi connectivity index (χ4v) is 4.55.